The van der Waals surface area contributed by atoms with Crippen molar-refractivity contribution in [2.75, 3.05) is 78.8 Å². The Morgan fingerprint density at radius 2 is 0.941 bits per heavy atom. The Bertz CT molecular complexity index is 580. The minimum Gasteiger partial charge on any atom is -0.379 e. The first kappa shape index (κ1) is 27.2. The molecule has 0 radical (unpaired) electrons. The lowest BCUT2D eigenvalue weighted by atomic mass is 9.96. The Kier molecular flexibility index (Phi) is 14.4. The van der Waals surface area contributed by atoms with E-state index in [4.69, 9.17) is 9.47 Å². The third kappa shape index (κ3) is 12.3. The summed E-state index contributed by atoms with van der Waals surface area (Å²) in [7, 11) is 0. The molecule has 0 bridgehead atoms. The minimum atomic E-state index is 0.496. The fourth-order valence-corrected chi connectivity index (χ4v) is 4.80. The van der Waals surface area contributed by atoms with Crippen LogP contribution in [0, 0.1) is 0 Å². The van der Waals surface area contributed by atoms with Gasteiger partial charge in [0.15, 0.2) is 0 Å². The lowest BCUT2D eigenvalue weighted by Gasteiger charge is -2.25. The topological polar surface area (TPSA) is 74.4 Å². The quantitative estimate of drug-likeness (QED) is 0.503. The fraction of sp³-hybridized carbons (Fsp3) is 0.923. The Morgan fingerprint density at radius 1 is 0.559 bits per heavy atom. The maximum absolute atomic E-state index is 5.30. The maximum atomic E-state index is 5.30. The summed E-state index contributed by atoms with van der Waals surface area (Å²) in [4.78, 5) is 22.1. The predicted octanol–water partition coefficient (Wildman–Crippen LogP) is 3.65. The largest absolute Gasteiger partial charge is 0.379 e. The van der Waals surface area contributed by atoms with E-state index in [0.717, 1.165) is 78.8 Å². The Hall–Kier alpha value is -1.40. The van der Waals surface area contributed by atoms with E-state index in [1.165, 1.54) is 64.2 Å². The number of hydrogen-bond donors (Lipinski definition) is 0. The fourth-order valence-electron chi connectivity index (χ4n) is 4.80. The van der Waals surface area contributed by atoms with Gasteiger partial charge >= 0.3 is 0 Å². The number of morpholine rings is 2. The van der Waals surface area contributed by atoms with Gasteiger partial charge in [0.25, 0.3) is 0 Å². The van der Waals surface area contributed by atoms with Crippen LogP contribution >= 0.6 is 0 Å². The van der Waals surface area contributed by atoms with Crippen molar-refractivity contribution in [2.45, 2.75) is 76.3 Å². The molecule has 4 fully saturated rings. The molecule has 0 atom stereocenters. The van der Waals surface area contributed by atoms with Gasteiger partial charge in [-0.1, -0.05) is 38.5 Å². The Morgan fingerprint density at radius 3 is 1.32 bits per heavy atom. The molecule has 8 heteroatoms. The van der Waals surface area contributed by atoms with Crippen molar-refractivity contribution < 1.29 is 9.47 Å². The first-order chi connectivity index (χ1) is 16.9. The van der Waals surface area contributed by atoms with Crippen LogP contribution in [0.2, 0.25) is 0 Å². The van der Waals surface area contributed by atoms with Gasteiger partial charge in [0, 0.05) is 39.3 Å². The molecule has 2 saturated carbocycles. The van der Waals surface area contributed by atoms with E-state index >= 15 is 0 Å². The number of rotatable bonds is 8. The molecule has 34 heavy (non-hydrogen) atoms. The van der Waals surface area contributed by atoms with Crippen molar-refractivity contribution >= 4 is 12.0 Å². The van der Waals surface area contributed by atoms with Gasteiger partial charge in [-0.05, 0) is 25.7 Å². The Balaban J connectivity index is 0.000000191. The van der Waals surface area contributed by atoms with E-state index in [1.54, 1.807) is 0 Å². The molecule has 2 aliphatic heterocycles. The third-order valence-corrected chi connectivity index (χ3v) is 7.03. The highest BCUT2D eigenvalue weighted by molar-refractivity contribution is 5.41. The molecule has 0 N–H and O–H groups in total. The second kappa shape index (κ2) is 18.0. The highest BCUT2D eigenvalue weighted by Gasteiger charge is 2.12. The van der Waals surface area contributed by atoms with Crippen LogP contribution in [-0.4, -0.2) is 113 Å². The van der Waals surface area contributed by atoms with E-state index in [1.807, 2.05) is 0 Å². The average Bonchev–Trinajstić information content (AvgIpc) is 2.91. The zero-order valence-electron chi connectivity index (χ0n) is 21.2. The summed E-state index contributed by atoms with van der Waals surface area (Å²) in [6, 6.07) is 6.77. The summed E-state index contributed by atoms with van der Waals surface area (Å²) < 4.78 is 10.6. The number of nitrogens with zero attached hydrogens (tertiary/aromatic N) is 6. The summed E-state index contributed by atoms with van der Waals surface area (Å²) in [5, 5.41) is 0. The zero-order chi connectivity index (χ0) is 23.5. The second-order valence-electron chi connectivity index (χ2n) is 9.71. The van der Waals surface area contributed by atoms with Crippen molar-refractivity contribution in [3.63, 3.8) is 0 Å². The van der Waals surface area contributed by atoms with Crippen LogP contribution in [0.15, 0.2) is 20.0 Å². The molecule has 2 saturated heterocycles. The number of ether oxygens (including phenoxy) is 2. The van der Waals surface area contributed by atoms with Crippen LogP contribution in [0.4, 0.5) is 0 Å². The van der Waals surface area contributed by atoms with Crippen LogP contribution in [0.25, 0.3) is 0 Å². The lowest BCUT2D eigenvalue weighted by Crippen LogP contribution is -2.37. The molecular formula is C26H46N6O2. The summed E-state index contributed by atoms with van der Waals surface area (Å²) in [5.41, 5.74) is 0. The average molecular weight is 475 g/mol. The van der Waals surface area contributed by atoms with E-state index in [9.17, 15) is 0 Å². The van der Waals surface area contributed by atoms with Gasteiger partial charge < -0.3 is 9.47 Å². The standard InChI is InChI=1S/2C13H23N3O/c2*1-2-4-13(5-3-1)15-12-14-6-7-16-8-10-17-11-9-16/h2*13H,1-11H2. The zero-order valence-corrected chi connectivity index (χ0v) is 21.2. The molecule has 4 rings (SSSR count). The smallest absolute Gasteiger partial charge is 0.0895 e. The normalized spacial score (nSPS) is 23.1. The number of hydrogen-bond acceptors (Lipinski definition) is 8. The summed E-state index contributed by atoms with van der Waals surface area (Å²) in [5.74, 6) is 0. The van der Waals surface area contributed by atoms with Gasteiger partial charge in [-0.25, -0.2) is 20.0 Å². The second-order valence-corrected chi connectivity index (χ2v) is 9.71. The summed E-state index contributed by atoms with van der Waals surface area (Å²) >= 11 is 0. The third-order valence-electron chi connectivity index (χ3n) is 7.03. The molecular weight excluding hydrogens is 428 g/mol. The van der Waals surface area contributed by atoms with Crippen molar-refractivity contribution in [2.24, 2.45) is 20.0 Å². The molecule has 0 unspecified atom stereocenters. The van der Waals surface area contributed by atoms with Gasteiger partial charge in [0.05, 0.1) is 63.6 Å². The molecule has 0 aromatic heterocycles. The van der Waals surface area contributed by atoms with Crippen molar-refractivity contribution in [1.29, 1.82) is 0 Å². The van der Waals surface area contributed by atoms with E-state index in [2.05, 4.69) is 41.8 Å². The first-order valence-electron chi connectivity index (χ1n) is 13.7. The van der Waals surface area contributed by atoms with Gasteiger partial charge in [0.2, 0.25) is 0 Å². The van der Waals surface area contributed by atoms with E-state index in [-0.39, 0.29) is 0 Å². The predicted molar refractivity (Wildman–Crippen MR) is 138 cm³/mol. The van der Waals surface area contributed by atoms with Crippen molar-refractivity contribution in [3.05, 3.63) is 0 Å². The monoisotopic (exact) mass is 474 g/mol. The molecule has 0 aromatic carbocycles. The van der Waals surface area contributed by atoms with Crippen molar-refractivity contribution in [1.82, 2.24) is 9.80 Å². The molecule has 8 nitrogen and oxygen atoms in total. The summed E-state index contributed by atoms with van der Waals surface area (Å²) in [6.45, 7) is 11.2. The van der Waals surface area contributed by atoms with E-state index < -0.39 is 0 Å². The molecule has 2 heterocycles. The molecule has 0 aromatic rings. The highest BCUT2D eigenvalue weighted by atomic mass is 16.5. The lowest BCUT2D eigenvalue weighted by molar-refractivity contribution is 0.0394. The first-order valence-corrected chi connectivity index (χ1v) is 13.7. The molecule has 0 amide bonds. The van der Waals surface area contributed by atoms with Gasteiger partial charge in [0.1, 0.15) is 0 Å². The number of aliphatic imine (C=N–C) groups is 4. The SMILES string of the molecule is C(=NCCN1CCOCC1)=NC1CCCCC1.C(=NCCN1CCOCC1)=NC1CCCCC1. The van der Waals surface area contributed by atoms with Gasteiger partial charge in [-0.3, -0.25) is 9.80 Å². The maximum Gasteiger partial charge on any atom is 0.0895 e. The molecule has 4 aliphatic rings. The van der Waals surface area contributed by atoms with Crippen LogP contribution in [0.1, 0.15) is 64.2 Å². The van der Waals surface area contributed by atoms with E-state index in [0.29, 0.717) is 12.1 Å². The minimum absolute atomic E-state index is 0.496. The van der Waals surface area contributed by atoms with Crippen molar-refractivity contribution in [3.8, 4) is 0 Å². The molecule has 2 aliphatic carbocycles. The Labute approximate surface area is 206 Å². The van der Waals surface area contributed by atoms with Gasteiger partial charge in [-0.15, -0.1) is 0 Å². The van der Waals surface area contributed by atoms with Gasteiger partial charge in [-0.2, -0.15) is 0 Å². The molecule has 0 spiro atoms. The van der Waals surface area contributed by atoms with Crippen LogP contribution in [0.5, 0.6) is 0 Å². The van der Waals surface area contributed by atoms with Crippen LogP contribution in [0.3, 0.4) is 0 Å². The van der Waals surface area contributed by atoms with Crippen LogP contribution in [-0.2, 0) is 9.47 Å². The molecule has 192 valence electrons. The highest BCUT2D eigenvalue weighted by Crippen LogP contribution is 2.20. The summed E-state index contributed by atoms with van der Waals surface area (Å²) in [6.07, 6.45) is 13.0. The van der Waals surface area contributed by atoms with Crippen LogP contribution < -0.4 is 0 Å².